The third-order valence-electron chi connectivity index (χ3n) is 5.05. The summed E-state index contributed by atoms with van der Waals surface area (Å²) >= 11 is 0. The number of hydrogen-bond donors (Lipinski definition) is 0. The maximum Gasteiger partial charge on any atom is 0.262 e. The first-order valence-corrected chi connectivity index (χ1v) is 11.4. The first kappa shape index (κ1) is 23.3. The van der Waals surface area contributed by atoms with Crippen molar-refractivity contribution in [1.29, 1.82) is 5.26 Å². The molecule has 0 aliphatic carbocycles. The molecule has 3 rings (SSSR count). The van der Waals surface area contributed by atoms with Crippen molar-refractivity contribution in [2.24, 2.45) is 0 Å². The molecule has 9 heteroatoms. The Morgan fingerprint density at radius 2 is 1.41 bits per heavy atom. The summed E-state index contributed by atoms with van der Waals surface area (Å²) in [6.07, 6.45) is 1.51. The third kappa shape index (κ3) is 5.10. The van der Waals surface area contributed by atoms with Crippen molar-refractivity contribution in [3.63, 3.8) is 0 Å². The maximum absolute atomic E-state index is 13.5. The van der Waals surface area contributed by atoms with Gasteiger partial charge < -0.3 is 9.47 Å². The molecule has 0 saturated heterocycles. The fraction of sp³-hybridized carbons (Fsp3) is 0.304. The van der Waals surface area contributed by atoms with Crippen molar-refractivity contribution in [3.05, 3.63) is 71.9 Å². The zero-order valence-corrected chi connectivity index (χ0v) is 19.3. The molecule has 0 spiro atoms. The van der Waals surface area contributed by atoms with Crippen LogP contribution in [0.15, 0.2) is 65.8 Å². The van der Waals surface area contributed by atoms with Crippen LogP contribution in [0.5, 0.6) is 11.5 Å². The number of ether oxygens (including phenoxy) is 2. The molecule has 0 radical (unpaired) electrons. The van der Waals surface area contributed by atoms with Gasteiger partial charge in [0.2, 0.25) is 0 Å². The Labute approximate surface area is 188 Å². The van der Waals surface area contributed by atoms with Crippen LogP contribution in [-0.4, -0.2) is 36.7 Å². The van der Waals surface area contributed by atoms with E-state index in [1.54, 1.807) is 52.3 Å². The van der Waals surface area contributed by atoms with Gasteiger partial charge in [-0.2, -0.15) is 14.7 Å². The average molecular weight is 455 g/mol. The first-order chi connectivity index (χ1) is 15.2. The molecule has 0 saturated carbocycles. The Kier molecular flexibility index (Phi) is 6.87. The number of aromatic nitrogens is 2. The zero-order chi connectivity index (χ0) is 23.4. The van der Waals surface area contributed by atoms with E-state index in [9.17, 15) is 13.7 Å². The van der Waals surface area contributed by atoms with E-state index in [2.05, 4.69) is 11.2 Å². The molecule has 0 amide bonds. The molecule has 0 unspecified atom stereocenters. The Bertz CT molecular complexity index is 1140. The summed E-state index contributed by atoms with van der Waals surface area (Å²) in [5.74, 6) is 1.38. The number of nitriles is 1. The lowest BCUT2D eigenvalue weighted by molar-refractivity contribution is 0.386. The van der Waals surface area contributed by atoms with Gasteiger partial charge in [0.25, 0.3) is 10.0 Å². The van der Waals surface area contributed by atoms with Crippen LogP contribution in [0.1, 0.15) is 25.0 Å². The molecule has 0 aliphatic heterocycles. The van der Waals surface area contributed by atoms with Gasteiger partial charge in [0.05, 0.1) is 20.3 Å². The summed E-state index contributed by atoms with van der Waals surface area (Å²) < 4.78 is 40.2. The summed E-state index contributed by atoms with van der Waals surface area (Å²) in [4.78, 5) is 0. The Balaban J connectivity index is 1.96. The van der Waals surface area contributed by atoms with Gasteiger partial charge in [-0.1, -0.05) is 24.3 Å². The van der Waals surface area contributed by atoms with Crippen LogP contribution < -0.4 is 9.47 Å². The van der Waals surface area contributed by atoms with Gasteiger partial charge in [0.1, 0.15) is 17.0 Å². The highest BCUT2D eigenvalue weighted by Crippen LogP contribution is 2.24. The van der Waals surface area contributed by atoms with E-state index >= 15 is 0 Å². The normalized spacial score (nSPS) is 11.9. The van der Waals surface area contributed by atoms with Crippen LogP contribution >= 0.6 is 0 Å². The fourth-order valence-electron chi connectivity index (χ4n) is 3.03. The molecule has 1 heterocycles. The SMILES string of the molecule is COc1ccc(CN(Cc2ccc(OC)cc2)S(=O)(=O)c2ccn(C(C)(C)C#N)n2)cc1. The molecular weight excluding hydrogens is 428 g/mol. The largest absolute Gasteiger partial charge is 0.497 e. The molecular formula is C23H26N4O4S. The van der Waals surface area contributed by atoms with Gasteiger partial charge in [-0.3, -0.25) is 4.68 Å². The van der Waals surface area contributed by atoms with Crippen LogP contribution in [0.4, 0.5) is 0 Å². The highest BCUT2D eigenvalue weighted by atomic mass is 32.2. The van der Waals surface area contributed by atoms with E-state index in [0.717, 1.165) is 11.1 Å². The van der Waals surface area contributed by atoms with E-state index in [1.165, 1.54) is 21.3 Å². The number of methoxy groups -OCH3 is 2. The topological polar surface area (TPSA) is 97.5 Å². The van der Waals surface area contributed by atoms with E-state index < -0.39 is 15.6 Å². The number of sulfonamides is 1. The summed E-state index contributed by atoms with van der Waals surface area (Å²) in [6.45, 7) is 3.63. The maximum atomic E-state index is 13.5. The monoisotopic (exact) mass is 454 g/mol. The summed E-state index contributed by atoms with van der Waals surface area (Å²) in [7, 11) is -0.791. The lowest BCUT2D eigenvalue weighted by Gasteiger charge is -2.22. The molecule has 0 bridgehead atoms. The number of hydrogen-bond acceptors (Lipinski definition) is 6. The Morgan fingerprint density at radius 3 is 1.81 bits per heavy atom. The van der Waals surface area contributed by atoms with Crippen molar-refractivity contribution >= 4 is 10.0 Å². The third-order valence-corrected chi connectivity index (χ3v) is 6.74. The van der Waals surface area contributed by atoms with E-state index in [1.807, 2.05) is 24.3 Å². The summed E-state index contributed by atoms with van der Waals surface area (Å²) in [5, 5.41) is 13.5. The minimum absolute atomic E-state index is 0.108. The molecule has 1 aromatic heterocycles. The van der Waals surface area contributed by atoms with Gasteiger partial charge in [0, 0.05) is 19.3 Å². The molecule has 168 valence electrons. The first-order valence-electron chi connectivity index (χ1n) is 9.93. The molecule has 0 aliphatic rings. The van der Waals surface area contributed by atoms with Gasteiger partial charge in [-0.15, -0.1) is 0 Å². The minimum atomic E-state index is -3.95. The minimum Gasteiger partial charge on any atom is -0.497 e. The van der Waals surface area contributed by atoms with Crippen LogP contribution in [0.2, 0.25) is 0 Å². The molecule has 2 aromatic carbocycles. The van der Waals surface area contributed by atoms with E-state index in [4.69, 9.17) is 9.47 Å². The lowest BCUT2D eigenvalue weighted by Crippen LogP contribution is -2.31. The van der Waals surface area contributed by atoms with Gasteiger partial charge in [-0.25, -0.2) is 8.42 Å². The molecule has 0 N–H and O–H groups in total. The Morgan fingerprint density at radius 1 is 0.938 bits per heavy atom. The smallest absolute Gasteiger partial charge is 0.262 e. The Hall–Kier alpha value is -3.35. The molecule has 32 heavy (non-hydrogen) atoms. The second-order valence-electron chi connectivity index (χ2n) is 7.74. The summed E-state index contributed by atoms with van der Waals surface area (Å²) in [5.41, 5.74) is 0.643. The van der Waals surface area contributed by atoms with Crippen molar-refractivity contribution in [2.75, 3.05) is 14.2 Å². The second kappa shape index (κ2) is 9.42. The van der Waals surface area contributed by atoms with Crippen molar-refractivity contribution in [1.82, 2.24) is 14.1 Å². The lowest BCUT2D eigenvalue weighted by atomic mass is 10.1. The number of nitrogens with zero attached hydrogens (tertiary/aromatic N) is 4. The zero-order valence-electron chi connectivity index (χ0n) is 18.5. The van der Waals surface area contributed by atoms with Gasteiger partial charge in [-0.05, 0) is 55.3 Å². The molecule has 0 atom stereocenters. The standard InChI is InChI=1S/C23H26N4O4S/c1-23(2,17-24)27-14-13-22(25-27)32(28,29)26(15-18-5-9-20(30-3)10-6-18)16-19-7-11-21(31-4)12-8-19/h5-14H,15-16H2,1-4H3. The average Bonchev–Trinajstić information content (AvgIpc) is 3.32. The van der Waals surface area contributed by atoms with Crippen LogP contribution in [0.25, 0.3) is 0 Å². The van der Waals surface area contributed by atoms with E-state index in [-0.39, 0.29) is 18.1 Å². The van der Waals surface area contributed by atoms with E-state index in [0.29, 0.717) is 11.5 Å². The summed E-state index contributed by atoms with van der Waals surface area (Å²) in [6, 6.07) is 18.0. The van der Waals surface area contributed by atoms with Crippen LogP contribution in [0.3, 0.4) is 0 Å². The number of rotatable bonds is 9. The van der Waals surface area contributed by atoms with Crippen LogP contribution in [-0.2, 0) is 28.7 Å². The predicted molar refractivity (Wildman–Crippen MR) is 120 cm³/mol. The van der Waals surface area contributed by atoms with Crippen LogP contribution in [0, 0.1) is 11.3 Å². The quantitative estimate of drug-likeness (QED) is 0.490. The van der Waals surface area contributed by atoms with Crippen molar-refractivity contribution in [2.45, 2.75) is 37.5 Å². The fourth-order valence-corrected chi connectivity index (χ4v) is 4.36. The number of benzene rings is 2. The van der Waals surface area contributed by atoms with Gasteiger partial charge >= 0.3 is 0 Å². The second-order valence-corrected chi connectivity index (χ2v) is 9.62. The highest BCUT2D eigenvalue weighted by Gasteiger charge is 2.30. The van der Waals surface area contributed by atoms with Crippen molar-refractivity contribution in [3.8, 4) is 17.6 Å². The molecule has 0 fully saturated rings. The highest BCUT2D eigenvalue weighted by molar-refractivity contribution is 7.89. The van der Waals surface area contributed by atoms with Gasteiger partial charge in [0.15, 0.2) is 5.03 Å². The molecule has 8 nitrogen and oxygen atoms in total. The molecule has 3 aromatic rings. The predicted octanol–water partition coefficient (Wildman–Crippen LogP) is 3.55. The van der Waals surface area contributed by atoms with Crippen molar-refractivity contribution < 1.29 is 17.9 Å².